The van der Waals surface area contributed by atoms with Gasteiger partial charge < -0.3 is 5.73 Å². The second-order valence-corrected chi connectivity index (χ2v) is 9.16. The number of ketones is 1. The Balaban J connectivity index is 1.99. The summed E-state index contributed by atoms with van der Waals surface area (Å²) >= 11 is 0. The van der Waals surface area contributed by atoms with Crippen LogP contribution in [0.2, 0.25) is 0 Å². The molecule has 6 nitrogen and oxygen atoms in total. The van der Waals surface area contributed by atoms with Crippen molar-refractivity contribution < 1.29 is 18.0 Å². The molecule has 1 aliphatic carbocycles. The van der Waals surface area contributed by atoms with Crippen LogP contribution < -0.4 is 5.73 Å². The third-order valence-corrected chi connectivity index (χ3v) is 6.75. The van der Waals surface area contributed by atoms with Crippen LogP contribution in [0.1, 0.15) is 57.9 Å². The summed E-state index contributed by atoms with van der Waals surface area (Å²) in [6, 6.07) is 8.24. The summed E-state index contributed by atoms with van der Waals surface area (Å²) in [6.45, 7) is 3.49. The Morgan fingerprint density at radius 3 is 2.52 bits per heavy atom. The molecule has 0 bridgehead atoms. The Morgan fingerprint density at radius 2 is 1.93 bits per heavy atom. The van der Waals surface area contributed by atoms with Gasteiger partial charge in [-0.05, 0) is 48.6 Å². The van der Waals surface area contributed by atoms with Crippen LogP contribution in [0.3, 0.4) is 0 Å². The predicted octanol–water partition coefficient (Wildman–Crippen LogP) is 2.33. The Kier molecular flexibility index (Phi) is 5.15. The van der Waals surface area contributed by atoms with E-state index in [1.54, 1.807) is 37.3 Å². The molecule has 2 aromatic rings. The van der Waals surface area contributed by atoms with Gasteiger partial charge in [0.05, 0.1) is 16.3 Å². The second-order valence-electron chi connectivity index (χ2n) is 6.88. The van der Waals surface area contributed by atoms with Crippen molar-refractivity contribution in [3.8, 4) is 0 Å². The van der Waals surface area contributed by atoms with Gasteiger partial charge in [-0.1, -0.05) is 26.0 Å². The summed E-state index contributed by atoms with van der Waals surface area (Å²) in [7, 11) is -3.27. The van der Waals surface area contributed by atoms with Crippen LogP contribution in [-0.2, 0) is 22.7 Å². The lowest BCUT2D eigenvalue weighted by Gasteiger charge is -2.21. The fraction of sp³-hybridized carbons (Fsp3) is 0.350. The summed E-state index contributed by atoms with van der Waals surface area (Å²) in [5.74, 6) is -0.632. The molecule has 1 heterocycles. The van der Waals surface area contributed by atoms with Crippen molar-refractivity contribution in [2.45, 2.75) is 38.0 Å². The van der Waals surface area contributed by atoms with Crippen molar-refractivity contribution in [1.82, 2.24) is 4.98 Å². The maximum absolute atomic E-state index is 12.5. The number of aromatic nitrogens is 1. The Bertz CT molecular complexity index is 1010. The van der Waals surface area contributed by atoms with Crippen molar-refractivity contribution in [3.05, 3.63) is 58.4 Å². The largest absolute Gasteiger partial charge is 0.364 e. The van der Waals surface area contributed by atoms with Crippen LogP contribution in [0.15, 0.2) is 35.2 Å². The molecule has 0 fully saturated rings. The minimum Gasteiger partial charge on any atom is -0.364 e. The Labute approximate surface area is 158 Å². The molecule has 0 radical (unpaired) electrons. The van der Waals surface area contributed by atoms with E-state index < -0.39 is 15.7 Å². The van der Waals surface area contributed by atoms with Crippen LogP contribution in [0.4, 0.5) is 0 Å². The van der Waals surface area contributed by atoms with Crippen molar-refractivity contribution in [3.63, 3.8) is 0 Å². The molecule has 0 aliphatic heterocycles. The van der Waals surface area contributed by atoms with E-state index in [2.05, 4.69) is 4.98 Å². The van der Waals surface area contributed by atoms with Crippen LogP contribution in [-0.4, -0.2) is 30.8 Å². The summed E-state index contributed by atoms with van der Waals surface area (Å²) in [4.78, 5) is 29.0. The summed E-state index contributed by atoms with van der Waals surface area (Å²) in [5, 5.41) is 0. The average molecular weight is 386 g/mol. The van der Waals surface area contributed by atoms with Crippen LogP contribution in [0.25, 0.3) is 0 Å². The first-order valence-corrected chi connectivity index (χ1v) is 10.6. The first kappa shape index (κ1) is 19.2. The Hall–Kier alpha value is -2.54. The monoisotopic (exact) mass is 386 g/mol. The number of rotatable bonds is 5. The van der Waals surface area contributed by atoms with Gasteiger partial charge in [-0.3, -0.25) is 9.59 Å². The van der Waals surface area contributed by atoms with Gasteiger partial charge in [0.2, 0.25) is 0 Å². The zero-order valence-corrected chi connectivity index (χ0v) is 16.2. The predicted molar refractivity (Wildman–Crippen MR) is 102 cm³/mol. The normalized spacial score (nSPS) is 16.8. The molecule has 1 atom stereocenters. The van der Waals surface area contributed by atoms with E-state index in [1.165, 1.54) is 0 Å². The third-order valence-electron chi connectivity index (χ3n) is 5.00. The van der Waals surface area contributed by atoms with Crippen molar-refractivity contribution >= 4 is 21.5 Å². The molecule has 0 saturated carbocycles. The first-order chi connectivity index (χ1) is 12.7. The average Bonchev–Trinajstić information content (AvgIpc) is 2.65. The molecule has 1 aromatic carbocycles. The molecule has 3 rings (SSSR count). The molecule has 0 saturated heterocycles. The maximum atomic E-state index is 12.5. The number of hydrogen-bond acceptors (Lipinski definition) is 5. The third kappa shape index (κ3) is 3.78. The number of nitrogens with zero attached hydrogens (tertiary/aromatic N) is 1. The molecule has 7 heteroatoms. The summed E-state index contributed by atoms with van der Waals surface area (Å²) < 4.78 is 23.9. The topological polar surface area (TPSA) is 107 Å². The van der Waals surface area contributed by atoms with E-state index in [0.717, 1.165) is 5.56 Å². The fourth-order valence-corrected chi connectivity index (χ4v) is 4.18. The molecular formula is C20H22N2O4S. The molecule has 142 valence electrons. The lowest BCUT2D eigenvalue weighted by Crippen LogP contribution is -2.25. The fourth-order valence-electron chi connectivity index (χ4n) is 3.30. The minimum absolute atomic E-state index is 0.0328. The van der Waals surface area contributed by atoms with E-state index in [9.17, 15) is 18.0 Å². The number of carbonyl (C=O) groups excluding carboxylic acids is 2. The zero-order valence-electron chi connectivity index (χ0n) is 15.4. The van der Waals surface area contributed by atoms with Gasteiger partial charge in [-0.25, -0.2) is 13.4 Å². The highest BCUT2D eigenvalue weighted by Gasteiger charge is 2.27. The van der Waals surface area contributed by atoms with E-state index in [4.69, 9.17) is 5.73 Å². The number of Topliss-reactive ketones (excluding diaryl/α,β-unsaturated/α-hetero) is 1. The maximum Gasteiger partial charge on any atom is 0.267 e. The standard InChI is InChI=1S/C20H22N2O4S/c1-3-27(25,26)15-7-5-13(6-8-15)10-14-11-16-17(22-18(14)20(21)24)9-4-12(2)19(16)23/h5-8,11-12H,3-4,9-10H2,1-2H3,(H2,21,24). The molecule has 1 amide bonds. The molecule has 0 spiro atoms. The number of aryl methyl sites for hydroxylation is 1. The number of amides is 1. The SMILES string of the molecule is CCS(=O)(=O)c1ccc(Cc2cc3c(nc2C(N)=O)CCC(C)C3=O)cc1. The highest BCUT2D eigenvalue weighted by molar-refractivity contribution is 7.91. The van der Waals surface area contributed by atoms with Gasteiger partial charge in [-0.15, -0.1) is 0 Å². The number of carbonyl (C=O) groups is 2. The van der Waals surface area contributed by atoms with Crippen LogP contribution in [0, 0.1) is 5.92 Å². The number of pyridine rings is 1. The number of nitrogens with two attached hydrogens (primary N) is 1. The highest BCUT2D eigenvalue weighted by Crippen LogP contribution is 2.27. The van der Waals surface area contributed by atoms with E-state index >= 15 is 0 Å². The first-order valence-electron chi connectivity index (χ1n) is 8.91. The number of benzene rings is 1. The van der Waals surface area contributed by atoms with Crippen LogP contribution >= 0.6 is 0 Å². The summed E-state index contributed by atoms with van der Waals surface area (Å²) in [5.41, 5.74) is 8.23. The lowest BCUT2D eigenvalue weighted by atomic mass is 9.85. The van der Waals surface area contributed by atoms with Gasteiger partial charge in [0, 0.05) is 11.5 Å². The molecular weight excluding hydrogens is 364 g/mol. The van der Waals surface area contributed by atoms with Gasteiger partial charge in [0.1, 0.15) is 5.69 Å². The molecule has 27 heavy (non-hydrogen) atoms. The molecule has 2 N–H and O–H groups in total. The Morgan fingerprint density at radius 1 is 1.26 bits per heavy atom. The van der Waals surface area contributed by atoms with Gasteiger partial charge in [0.15, 0.2) is 15.6 Å². The van der Waals surface area contributed by atoms with Crippen molar-refractivity contribution in [2.75, 3.05) is 5.75 Å². The second kappa shape index (κ2) is 7.23. The number of hydrogen-bond donors (Lipinski definition) is 1. The van der Waals surface area contributed by atoms with Crippen molar-refractivity contribution in [1.29, 1.82) is 0 Å². The number of fused-ring (bicyclic) bond motifs is 1. The van der Waals surface area contributed by atoms with Gasteiger partial charge in [0.25, 0.3) is 5.91 Å². The van der Waals surface area contributed by atoms with Crippen LogP contribution in [0.5, 0.6) is 0 Å². The van der Waals surface area contributed by atoms with Crippen molar-refractivity contribution in [2.24, 2.45) is 11.7 Å². The van der Waals surface area contributed by atoms with E-state index in [1.807, 2.05) is 6.92 Å². The van der Waals surface area contributed by atoms with E-state index in [0.29, 0.717) is 36.1 Å². The molecule has 1 aromatic heterocycles. The summed E-state index contributed by atoms with van der Waals surface area (Å²) in [6.07, 6.45) is 1.70. The molecule has 1 aliphatic rings. The quantitative estimate of drug-likeness (QED) is 0.849. The lowest BCUT2D eigenvalue weighted by molar-refractivity contribution is 0.0909. The minimum atomic E-state index is -3.27. The number of primary amides is 1. The van der Waals surface area contributed by atoms with Gasteiger partial charge >= 0.3 is 0 Å². The molecule has 1 unspecified atom stereocenters. The highest BCUT2D eigenvalue weighted by atomic mass is 32.2. The smallest absolute Gasteiger partial charge is 0.267 e. The van der Waals surface area contributed by atoms with Gasteiger partial charge in [-0.2, -0.15) is 0 Å². The van der Waals surface area contributed by atoms with E-state index in [-0.39, 0.29) is 28.0 Å². The number of sulfone groups is 1. The zero-order chi connectivity index (χ0) is 19.8.